The van der Waals surface area contributed by atoms with Crippen molar-refractivity contribution in [3.63, 3.8) is 0 Å². The largest absolute Gasteiger partial charge is 0.310 e. The van der Waals surface area contributed by atoms with E-state index in [1.165, 1.54) is 37.7 Å². The molecule has 1 saturated carbocycles. The van der Waals surface area contributed by atoms with Crippen molar-refractivity contribution in [3.05, 3.63) is 23.9 Å². The zero-order valence-electron chi connectivity index (χ0n) is 12.8. The molecule has 0 aromatic carbocycles. The second-order valence-corrected chi connectivity index (χ2v) is 6.44. The molecule has 21 heavy (non-hydrogen) atoms. The van der Waals surface area contributed by atoms with Crippen LogP contribution in [0.15, 0.2) is 18.3 Å². The highest BCUT2D eigenvalue weighted by molar-refractivity contribution is 5.91. The SMILES string of the molecule is CN1CCCC1c1ccc(NC(=O)C2CCCCC2)nc1. The third-order valence-corrected chi connectivity index (χ3v) is 4.92. The van der Waals surface area contributed by atoms with Crippen LogP contribution in [0.4, 0.5) is 5.82 Å². The maximum atomic E-state index is 12.2. The third kappa shape index (κ3) is 3.43. The van der Waals surface area contributed by atoms with Gasteiger partial charge in [0.25, 0.3) is 0 Å². The number of hydrogen-bond donors (Lipinski definition) is 1. The Morgan fingerprint density at radius 2 is 2.00 bits per heavy atom. The van der Waals surface area contributed by atoms with Gasteiger partial charge < -0.3 is 5.32 Å². The highest BCUT2D eigenvalue weighted by atomic mass is 16.1. The quantitative estimate of drug-likeness (QED) is 0.927. The second-order valence-electron chi connectivity index (χ2n) is 6.44. The molecule has 2 aliphatic rings. The predicted molar refractivity (Wildman–Crippen MR) is 84.0 cm³/mol. The number of carbonyl (C=O) groups excluding carboxylic acids is 1. The average molecular weight is 287 g/mol. The topological polar surface area (TPSA) is 45.2 Å². The molecule has 1 aliphatic heterocycles. The van der Waals surface area contributed by atoms with E-state index in [9.17, 15) is 4.79 Å². The number of rotatable bonds is 3. The second kappa shape index (κ2) is 6.56. The number of hydrogen-bond acceptors (Lipinski definition) is 3. The lowest BCUT2D eigenvalue weighted by Gasteiger charge is -2.21. The fourth-order valence-corrected chi connectivity index (χ4v) is 3.60. The van der Waals surface area contributed by atoms with Crippen molar-refractivity contribution in [1.82, 2.24) is 9.88 Å². The van der Waals surface area contributed by atoms with E-state index in [-0.39, 0.29) is 11.8 Å². The Morgan fingerprint density at radius 3 is 2.62 bits per heavy atom. The molecule has 0 radical (unpaired) electrons. The van der Waals surface area contributed by atoms with Crippen molar-refractivity contribution in [2.24, 2.45) is 5.92 Å². The van der Waals surface area contributed by atoms with Crippen LogP contribution in [0.25, 0.3) is 0 Å². The van der Waals surface area contributed by atoms with Gasteiger partial charge in [-0.05, 0) is 50.9 Å². The fraction of sp³-hybridized carbons (Fsp3) is 0.647. The minimum Gasteiger partial charge on any atom is -0.310 e. The maximum absolute atomic E-state index is 12.2. The van der Waals surface area contributed by atoms with Gasteiger partial charge in [0.1, 0.15) is 5.82 Å². The summed E-state index contributed by atoms with van der Waals surface area (Å²) in [7, 11) is 2.16. The van der Waals surface area contributed by atoms with Gasteiger partial charge in [-0.15, -0.1) is 0 Å². The van der Waals surface area contributed by atoms with E-state index in [1.54, 1.807) is 0 Å². The van der Waals surface area contributed by atoms with E-state index >= 15 is 0 Å². The lowest BCUT2D eigenvalue weighted by molar-refractivity contribution is -0.120. The maximum Gasteiger partial charge on any atom is 0.228 e. The molecule has 1 aliphatic carbocycles. The number of pyridine rings is 1. The van der Waals surface area contributed by atoms with Crippen molar-refractivity contribution in [3.8, 4) is 0 Å². The molecule has 1 saturated heterocycles. The molecule has 2 heterocycles. The zero-order valence-corrected chi connectivity index (χ0v) is 12.8. The van der Waals surface area contributed by atoms with Crippen molar-refractivity contribution in [1.29, 1.82) is 0 Å². The molecule has 1 atom stereocenters. The smallest absolute Gasteiger partial charge is 0.228 e. The Bertz CT molecular complexity index is 479. The van der Waals surface area contributed by atoms with Crippen LogP contribution in [-0.2, 0) is 4.79 Å². The lowest BCUT2D eigenvalue weighted by atomic mass is 9.89. The zero-order chi connectivity index (χ0) is 14.7. The number of nitrogens with one attached hydrogen (secondary N) is 1. The molecule has 4 heteroatoms. The number of amides is 1. The van der Waals surface area contributed by atoms with E-state index in [2.05, 4.69) is 28.3 Å². The molecule has 3 rings (SSSR count). The van der Waals surface area contributed by atoms with Gasteiger partial charge in [0, 0.05) is 18.2 Å². The van der Waals surface area contributed by atoms with Crippen LogP contribution < -0.4 is 5.32 Å². The van der Waals surface area contributed by atoms with Gasteiger partial charge in [-0.25, -0.2) is 4.98 Å². The number of likely N-dealkylation sites (tertiary alicyclic amines) is 1. The van der Waals surface area contributed by atoms with E-state index in [1.807, 2.05) is 12.3 Å². The van der Waals surface area contributed by atoms with Gasteiger partial charge in [-0.3, -0.25) is 9.69 Å². The number of carbonyl (C=O) groups is 1. The fourth-order valence-electron chi connectivity index (χ4n) is 3.60. The first-order valence-electron chi connectivity index (χ1n) is 8.21. The molecule has 0 spiro atoms. The summed E-state index contributed by atoms with van der Waals surface area (Å²) in [5.41, 5.74) is 1.26. The van der Waals surface area contributed by atoms with Crippen LogP contribution in [-0.4, -0.2) is 29.4 Å². The van der Waals surface area contributed by atoms with Gasteiger partial charge in [0.2, 0.25) is 5.91 Å². The molecule has 1 amide bonds. The van der Waals surface area contributed by atoms with Crippen LogP contribution in [0.3, 0.4) is 0 Å². The first kappa shape index (κ1) is 14.5. The molecule has 114 valence electrons. The summed E-state index contributed by atoms with van der Waals surface area (Å²) in [4.78, 5) is 19.0. The Balaban J connectivity index is 1.60. The van der Waals surface area contributed by atoms with Crippen molar-refractivity contribution in [2.75, 3.05) is 18.9 Å². The van der Waals surface area contributed by atoms with Gasteiger partial charge >= 0.3 is 0 Å². The minimum atomic E-state index is 0.146. The third-order valence-electron chi connectivity index (χ3n) is 4.92. The first-order valence-corrected chi connectivity index (χ1v) is 8.21. The van der Waals surface area contributed by atoms with Gasteiger partial charge in [0.15, 0.2) is 0 Å². The predicted octanol–water partition coefficient (Wildman–Crippen LogP) is 3.37. The standard InChI is InChI=1S/C17H25N3O/c1-20-11-5-8-15(20)14-9-10-16(18-12-14)19-17(21)13-6-3-2-4-7-13/h9-10,12-13,15H,2-8,11H2,1H3,(H,18,19,21). The number of aromatic nitrogens is 1. The molecule has 0 bridgehead atoms. The minimum absolute atomic E-state index is 0.146. The Morgan fingerprint density at radius 1 is 1.19 bits per heavy atom. The number of anilines is 1. The summed E-state index contributed by atoms with van der Waals surface area (Å²) in [6, 6.07) is 4.54. The molecule has 1 aromatic heterocycles. The molecule has 4 nitrogen and oxygen atoms in total. The molecule has 1 aromatic rings. The van der Waals surface area contributed by atoms with Crippen molar-refractivity contribution >= 4 is 11.7 Å². The number of nitrogens with zero attached hydrogens (tertiary/aromatic N) is 2. The summed E-state index contributed by atoms with van der Waals surface area (Å²) in [6.07, 6.45) is 10.0. The van der Waals surface area contributed by atoms with Crippen LogP contribution in [0, 0.1) is 5.92 Å². The van der Waals surface area contributed by atoms with E-state index in [4.69, 9.17) is 0 Å². The molecular weight excluding hydrogens is 262 g/mol. The monoisotopic (exact) mass is 287 g/mol. The Hall–Kier alpha value is -1.42. The van der Waals surface area contributed by atoms with Crippen LogP contribution in [0.1, 0.15) is 56.6 Å². The summed E-state index contributed by atoms with van der Waals surface area (Å²) in [6.45, 7) is 1.16. The van der Waals surface area contributed by atoms with Crippen LogP contribution in [0.5, 0.6) is 0 Å². The molecule has 2 fully saturated rings. The highest BCUT2D eigenvalue weighted by Crippen LogP contribution is 2.30. The lowest BCUT2D eigenvalue weighted by Crippen LogP contribution is -2.25. The van der Waals surface area contributed by atoms with E-state index in [0.717, 1.165) is 19.4 Å². The molecule has 1 N–H and O–H groups in total. The van der Waals surface area contributed by atoms with E-state index in [0.29, 0.717) is 11.9 Å². The molecular formula is C17H25N3O. The summed E-state index contributed by atoms with van der Waals surface area (Å²) < 4.78 is 0. The average Bonchev–Trinajstić information content (AvgIpc) is 2.95. The van der Waals surface area contributed by atoms with Gasteiger partial charge in [0.05, 0.1) is 0 Å². The van der Waals surface area contributed by atoms with Crippen LogP contribution >= 0.6 is 0 Å². The highest BCUT2D eigenvalue weighted by Gasteiger charge is 2.23. The van der Waals surface area contributed by atoms with Crippen LogP contribution in [0.2, 0.25) is 0 Å². The Labute approximate surface area is 126 Å². The summed E-state index contributed by atoms with van der Waals surface area (Å²) >= 11 is 0. The van der Waals surface area contributed by atoms with Gasteiger partial charge in [-0.1, -0.05) is 25.3 Å². The van der Waals surface area contributed by atoms with Crippen molar-refractivity contribution < 1.29 is 4.79 Å². The first-order chi connectivity index (χ1) is 10.2. The van der Waals surface area contributed by atoms with E-state index < -0.39 is 0 Å². The summed E-state index contributed by atoms with van der Waals surface area (Å²) in [5.74, 6) is 1.02. The normalized spacial score (nSPS) is 24.1. The van der Waals surface area contributed by atoms with Crippen molar-refractivity contribution in [2.45, 2.75) is 51.0 Å². The van der Waals surface area contributed by atoms with Gasteiger partial charge in [-0.2, -0.15) is 0 Å². The summed E-state index contributed by atoms with van der Waals surface area (Å²) in [5, 5.41) is 2.98. The molecule has 1 unspecified atom stereocenters. The Kier molecular flexibility index (Phi) is 4.54.